The fourth-order valence-electron chi connectivity index (χ4n) is 7.42. The minimum Gasteiger partial charge on any atom is -0.365 e. The van der Waals surface area contributed by atoms with Gasteiger partial charge in [-0.15, -0.1) is 0 Å². The number of aliphatic imine (C=N–C) groups is 1. The van der Waals surface area contributed by atoms with E-state index in [1.807, 2.05) is 9.80 Å². The van der Waals surface area contributed by atoms with Crippen LogP contribution in [0.25, 0.3) is 0 Å². The smallest absolute Gasteiger partial charge is 0.327 e. The van der Waals surface area contributed by atoms with Crippen molar-refractivity contribution < 1.29 is 4.79 Å². The molecule has 2 amide bonds. The van der Waals surface area contributed by atoms with E-state index in [-0.39, 0.29) is 29.1 Å². The van der Waals surface area contributed by atoms with E-state index in [9.17, 15) is 4.79 Å². The van der Waals surface area contributed by atoms with Gasteiger partial charge in [-0.05, 0) is 61.7 Å². The van der Waals surface area contributed by atoms with E-state index >= 15 is 0 Å². The highest BCUT2D eigenvalue weighted by atomic mass is 16.2. The third-order valence-electron chi connectivity index (χ3n) is 8.71. The summed E-state index contributed by atoms with van der Waals surface area (Å²) in [6, 6.07) is 0.384. The van der Waals surface area contributed by atoms with Crippen LogP contribution in [0.3, 0.4) is 0 Å². The third kappa shape index (κ3) is 2.35. The van der Waals surface area contributed by atoms with Gasteiger partial charge in [-0.3, -0.25) is 9.80 Å². The van der Waals surface area contributed by atoms with Crippen molar-refractivity contribution in [2.24, 2.45) is 33.6 Å². The summed E-state index contributed by atoms with van der Waals surface area (Å²) in [6.45, 7) is 10.4. The van der Waals surface area contributed by atoms with E-state index in [4.69, 9.17) is 4.99 Å². The highest BCUT2D eigenvalue weighted by Crippen LogP contribution is 2.66. The number of hydrogen-bond donors (Lipinski definition) is 2. The van der Waals surface area contributed by atoms with Crippen LogP contribution in [0.2, 0.25) is 0 Å². The summed E-state index contributed by atoms with van der Waals surface area (Å²) in [4.78, 5) is 22.6. The van der Waals surface area contributed by atoms with Crippen LogP contribution in [0.4, 0.5) is 4.79 Å². The van der Waals surface area contributed by atoms with E-state index in [0.29, 0.717) is 0 Å². The molecule has 0 aromatic carbocycles. The molecule has 7 aliphatic rings. The first-order valence-corrected chi connectivity index (χ1v) is 11.7. The van der Waals surface area contributed by atoms with Crippen LogP contribution in [-0.4, -0.2) is 47.0 Å². The monoisotopic (exact) mass is 397 g/mol. The topological polar surface area (TPSA) is 60.0 Å². The Hall–Kier alpha value is -1.72. The van der Waals surface area contributed by atoms with Gasteiger partial charge in [-0.25, -0.2) is 9.79 Å². The Labute approximate surface area is 174 Å². The van der Waals surface area contributed by atoms with Gasteiger partial charge in [-0.2, -0.15) is 0 Å². The molecule has 3 heterocycles. The molecule has 6 nitrogen and oxygen atoms in total. The van der Waals surface area contributed by atoms with Crippen LogP contribution < -0.4 is 10.6 Å². The van der Waals surface area contributed by atoms with Gasteiger partial charge < -0.3 is 10.6 Å². The van der Waals surface area contributed by atoms with Crippen LogP contribution in [0.1, 0.15) is 66.2 Å². The van der Waals surface area contributed by atoms with Gasteiger partial charge in [0.2, 0.25) is 0 Å². The lowest BCUT2D eigenvalue weighted by molar-refractivity contribution is 0.144. The second-order valence-corrected chi connectivity index (χ2v) is 11.6. The summed E-state index contributed by atoms with van der Waals surface area (Å²) in [6.07, 6.45) is 7.62. The highest BCUT2D eigenvalue weighted by Gasteiger charge is 2.62. The Kier molecular flexibility index (Phi) is 3.55. The number of fused-ring (bicyclic) bond motifs is 2. The molecule has 3 aliphatic heterocycles. The molecule has 5 fully saturated rings. The number of carbonyl (C=O) groups excluding carboxylic acids is 1. The lowest BCUT2D eigenvalue weighted by atomic mass is 9.74. The van der Waals surface area contributed by atoms with Gasteiger partial charge in [-0.1, -0.05) is 27.7 Å². The number of amides is 2. The Balaban J connectivity index is 1.39. The summed E-state index contributed by atoms with van der Waals surface area (Å²) in [7, 11) is 0. The van der Waals surface area contributed by atoms with Gasteiger partial charge >= 0.3 is 6.03 Å². The zero-order valence-electron chi connectivity index (χ0n) is 18.3. The number of urea groups is 1. The van der Waals surface area contributed by atoms with Crippen molar-refractivity contribution in [2.45, 2.75) is 78.4 Å². The maximum Gasteiger partial charge on any atom is 0.327 e. The predicted molar refractivity (Wildman–Crippen MR) is 113 cm³/mol. The molecular formula is C23H35N5O. The summed E-state index contributed by atoms with van der Waals surface area (Å²) >= 11 is 0. The van der Waals surface area contributed by atoms with Crippen LogP contribution in [0.15, 0.2) is 16.5 Å². The van der Waals surface area contributed by atoms with E-state index in [0.717, 1.165) is 48.8 Å². The first-order valence-electron chi connectivity index (χ1n) is 11.7. The Morgan fingerprint density at radius 3 is 2.55 bits per heavy atom. The molecule has 7 rings (SSSR count). The Morgan fingerprint density at radius 2 is 1.90 bits per heavy atom. The largest absolute Gasteiger partial charge is 0.365 e. The molecule has 29 heavy (non-hydrogen) atoms. The van der Waals surface area contributed by atoms with Crippen molar-refractivity contribution in [3.63, 3.8) is 0 Å². The van der Waals surface area contributed by atoms with Crippen LogP contribution in [0, 0.1) is 28.6 Å². The second kappa shape index (κ2) is 5.70. The zero-order chi connectivity index (χ0) is 20.1. The number of carbonyl (C=O) groups is 1. The molecule has 4 aliphatic carbocycles. The van der Waals surface area contributed by atoms with Gasteiger partial charge in [0, 0.05) is 18.5 Å². The van der Waals surface area contributed by atoms with Gasteiger partial charge in [0.05, 0.1) is 6.04 Å². The van der Waals surface area contributed by atoms with Crippen LogP contribution >= 0.6 is 0 Å². The minimum atomic E-state index is -0.164. The average Bonchev–Trinajstić information content (AvgIpc) is 3.37. The normalized spacial score (nSPS) is 42.3. The summed E-state index contributed by atoms with van der Waals surface area (Å²) in [5.41, 5.74) is 1.48. The minimum absolute atomic E-state index is 0.0977. The van der Waals surface area contributed by atoms with Crippen molar-refractivity contribution in [1.82, 2.24) is 20.4 Å². The predicted octanol–water partition coefficient (Wildman–Crippen LogP) is 3.48. The van der Waals surface area contributed by atoms with Crippen molar-refractivity contribution >= 4 is 11.9 Å². The quantitative estimate of drug-likeness (QED) is 0.767. The summed E-state index contributed by atoms with van der Waals surface area (Å²) in [5.74, 6) is 4.79. The Morgan fingerprint density at radius 1 is 1.17 bits per heavy atom. The average molecular weight is 398 g/mol. The fourth-order valence-corrected chi connectivity index (χ4v) is 7.42. The molecule has 0 radical (unpaired) electrons. The second-order valence-electron chi connectivity index (χ2n) is 11.6. The van der Waals surface area contributed by atoms with E-state index in [1.165, 1.54) is 37.9 Å². The highest BCUT2D eigenvalue weighted by molar-refractivity contribution is 5.95. The molecule has 158 valence electrons. The number of hydrogen-bond acceptors (Lipinski definition) is 4. The van der Waals surface area contributed by atoms with E-state index in [1.54, 1.807) is 0 Å². The van der Waals surface area contributed by atoms with Crippen molar-refractivity contribution in [3.05, 3.63) is 11.5 Å². The van der Waals surface area contributed by atoms with Crippen molar-refractivity contribution in [2.75, 3.05) is 13.1 Å². The maximum absolute atomic E-state index is 13.4. The molecular weight excluding hydrogens is 362 g/mol. The lowest BCUT2D eigenvalue weighted by Crippen LogP contribution is -2.53. The molecule has 0 aromatic heterocycles. The number of nitrogens with one attached hydrogen (secondary N) is 2. The van der Waals surface area contributed by atoms with Gasteiger partial charge in [0.15, 0.2) is 6.17 Å². The lowest BCUT2D eigenvalue weighted by Gasteiger charge is -2.36. The fraction of sp³-hybridized carbons (Fsp3) is 0.826. The van der Waals surface area contributed by atoms with Crippen LogP contribution in [0.5, 0.6) is 0 Å². The van der Waals surface area contributed by atoms with Gasteiger partial charge in [0.25, 0.3) is 0 Å². The number of rotatable bonds is 3. The molecule has 6 heteroatoms. The van der Waals surface area contributed by atoms with E-state index in [2.05, 4.69) is 38.3 Å². The molecule has 4 atom stereocenters. The van der Waals surface area contributed by atoms with E-state index < -0.39 is 0 Å². The standard InChI is InChI=1S/C23H35N5O/c1-5-6-27-19-17(18-24-16(22(2,3)4)12-28(18)21(27)29)25-20(26-19)23-10-13-7-14(11-23)9-15(23)8-13/h13-16,19,24H,5-12H2,1-4H3,(H,25,26)/t13?,14?,15?,16-,19?,23?/m1/s1. The Bertz CT molecular complexity index is 810. The van der Waals surface area contributed by atoms with Gasteiger partial charge in [0.1, 0.15) is 17.4 Å². The first kappa shape index (κ1) is 18.1. The molecule has 2 N–H and O–H groups in total. The molecule has 0 aromatic rings. The molecule has 4 saturated carbocycles. The first-order chi connectivity index (χ1) is 13.8. The zero-order valence-corrected chi connectivity index (χ0v) is 18.3. The number of amidine groups is 1. The number of nitrogens with zero attached hydrogens (tertiary/aromatic N) is 3. The summed E-state index contributed by atoms with van der Waals surface area (Å²) in [5, 5.41) is 7.53. The SMILES string of the molecule is CCCN1C(=O)N2C[C@H](C(C)(C)C)NC2=C2NC(C34CC5CC(CC3C5)C4)=NC21. The molecule has 4 bridgehead atoms. The van der Waals surface area contributed by atoms with Crippen molar-refractivity contribution in [3.8, 4) is 0 Å². The molecule has 0 spiro atoms. The van der Waals surface area contributed by atoms with Crippen molar-refractivity contribution in [1.29, 1.82) is 0 Å². The van der Waals surface area contributed by atoms with Crippen LogP contribution in [-0.2, 0) is 0 Å². The summed E-state index contributed by atoms with van der Waals surface area (Å²) < 4.78 is 0. The molecule has 3 unspecified atom stereocenters. The third-order valence-corrected chi connectivity index (χ3v) is 8.71. The maximum atomic E-state index is 13.4. The molecule has 1 saturated heterocycles.